The van der Waals surface area contributed by atoms with Crippen LogP contribution in [0, 0.1) is 38.9 Å². The van der Waals surface area contributed by atoms with Crippen molar-refractivity contribution in [3.8, 4) is 6.07 Å². The van der Waals surface area contributed by atoms with Crippen LogP contribution in [0.1, 0.15) is 53.9 Å². The predicted octanol–water partition coefficient (Wildman–Crippen LogP) is 4.16. The first-order valence-electron chi connectivity index (χ1n) is 8.69. The average molecular weight is 365 g/mol. The smallest absolute Gasteiger partial charge is 0.312 e. The molecule has 0 aromatic rings. The van der Waals surface area contributed by atoms with Crippen LogP contribution in [0.2, 0.25) is 0 Å². The summed E-state index contributed by atoms with van der Waals surface area (Å²) in [4.78, 5) is 25.0. The van der Waals surface area contributed by atoms with Crippen LogP contribution in [-0.4, -0.2) is 27.9 Å². The van der Waals surface area contributed by atoms with Crippen LogP contribution in [0.5, 0.6) is 0 Å². The Morgan fingerprint density at radius 2 is 1.80 bits per heavy atom. The summed E-state index contributed by atoms with van der Waals surface area (Å²) in [5, 5.41) is 29.4. The van der Waals surface area contributed by atoms with Gasteiger partial charge in [0.15, 0.2) is 0 Å². The van der Waals surface area contributed by atoms with E-state index < -0.39 is 39.5 Å². The Morgan fingerprint density at radius 3 is 2.16 bits per heavy atom. The largest absolute Gasteiger partial charge is 0.481 e. The van der Waals surface area contributed by atoms with Crippen molar-refractivity contribution in [3.63, 3.8) is 0 Å². The third-order valence-electron chi connectivity index (χ3n) is 6.47. The molecule has 0 bridgehead atoms. The lowest BCUT2D eigenvalue weighted by Crippen LogP contribution is -2.41. The number of thioether (sulfide) groups is 1. The summed E-state index contributed by atoms with van der Waals surface area (Å²) in [6.07, 6.45) is 4.07. The van der Waals surface area contributed by atoms with E-state index in [0.717, 1.165) is 18.6 Å². The Morgan fingerprint density at radius 1 is 1.24 bits per heavy atom. The predicted molar refractivity (Wildman–Crippen MR) is 96.9 cm³/mol. The van der Waals surface area contributed by atoms with Crippen molar-refractivity contribution in [2.24, 2.45) is 27.6 Å². The van der Waals surface area contributed by atoms with Gasteiger partial charge in [0.1, 0.15) is 6.07 Å². The van der Waals surface area contributed by atoms with E-state index in [4.69, 9.17) is 0 Å². The molecule has 25 heavy (non-hydrogen) atoms. The van der Waals surface area contributed by atoms with Crippen molar-refractivity contribution in [2.45, 2.75) is 53.9 Å². The lowest BCUT2D eigenvalue weighted by Gasteiger charge is -2.27. The molecule has 0 radical (unpaired) electrons. The molecular formula is C19H27NO4S. The third-order valence-corrected chi connectivity index (χ3v) is 7.50. The zero-order chi connectivity index (χ0) is 19.3. The van der Waals surface area contributed by atoms with E-state index in [9.17, 15) is 25.1 Å². The summed E-state index contributed by atoms with van der Waals surface area (Å²) in [5.74, 6) is -1.76. The number of nitrogens with zero attached hydrogens (tertiary/aromatic N) is 1. The Balaban J connectivity index is 2.46. The summed E-state index contributed by atoms with van der Waals surface area (Å²) < 4.78 is 0. The molecule has 0 saturated heterocycles. The summed E-state index contributed by atoms with van der Waals surface area (Å²) >= 11 is 1.43. The zero-order valence-corrected chi connectivity index (χ0v) is 16.4. The second-order valence-corrected chi connectivity index (χ2v) is 9.57. The van der Waals surface area contributed by atoms with Gasteiger partial charge in [-0.05, 0) is 29.4 Å². The minimum atomic E-state index is -1.37. The van der Waals surface area contributed by atoms with Gasteiger partial charge in [0.25, 0.3) is 0 Å². The maximum atomic E-state index is 12.3. The SMILES string of the molecule is CCCCS/C(C#N)=C/C1C(C)(C)[C@]1(C(=O)O)C1(C(=O)O)CC1(C)C. The fourth-order valence-electron chi connectivity index (χ4n) is 4.96. The number of hydrogen-bond donors (Lipinski definition) is 2. The van der Waals surface area contributed by atoms with Gasteiger partial charge in [0.2, 0.25) is 0 Å². The van der Waals surface area contributed by atoms with Crippen molar-refractivity contribution in [2.75, 3.05) is 5.75 Å². The molecule has 2 N–H and O–H groups in total. The molecule has 0 aromatic heterocycles. The van der Waals surface area contributed by atoms with E-state index in [1.165, 1.54) is 11.8 Å². The van der Waals surface area contributed by atoms with Crippen LogP contribution >= 0.6 is 11.8 Å². The molecule has 2 unspecified atom stereocenters. The Kier molecular flexibility index (Phi) is 4.80. The summed E-state index contributed by atoms with van der Waals surface area (Å²) in [5.41, 5.74) is -3.94. The number of aliphatic carboxylic acids is 2. The first kappa shape index (κ1) is 19.8. The quantitative estimate of drug-likeness (QED) is 0.495. The van der Waals surface area contributed by atoms with E-state index in [0.29, 0.717) is 11.3 Å². The summed E-state index contributed by atoms with van der Waals surface area (Å²) in [6.45, 7) is 9.34. The van der Waals surface area contributed by atoms with Crippen molar-refractivity contribution < 1.29 is 19.8 Å². The minimum Gasteiger partial charge on any atom is -0.481 e. The number of carbonyl (C=O) groups is 2. The van der Waals surface area contributed by atoms with Gasteiger partial charge in [-0.1, -0.05) is 47.1 Å². The molecule has 0 aromatic carbocycles. The number of hydrogen-bond acceptors (Lipinski definition) is 4. The van der Waals surface area contributed by atoms with Crippen molar-refractivity contribution in [3.05, 3.63) is 11.0 Å². The van der Waals surface area contributed by atoms with Gasteiger partial charge in [0.05, 0.1) is 15.7 Å². The molecule has 2 saturated carbocycles. The van der Waals surface area contributed by atoms with Gasteiger partial charge < -0.3 is 10.2 Å². The summed E-state index contributed by atoms with van der Waals surface area (Å²) in [7, 11) is 0. The molecule has 0 spiro atoms. The van der Waals surface area contributed by atoms with Crippen LogP contribution in [0.4, 0.5) is 0 Å². The highest BCUT2D eigenvalue weighted by Gasteiger charge is 2.92. The highest BCUT2D eigenvalue weighted by molar-refractivity contribution is 8.03. The molecule has 138 valence electrons. The van der Waals surface area contributed by atoms with Gasteiger partial charge in [-0.15, -0.1) is 11.8 Å². The van der Waals surface area contributed by atoms with E-state index in [1.807, 2.05) is 27.7 Å². The monoisotopic (exact) mass is 365 g/mol. The lowest BCUT2D eigenvalue weighted by molar-refractivity contribution is -0.162. The van der Waals surface area contributed by atoms with E-state index in [2.05, 4.69) is 13.0 Å². The summed E-state index contributed by atoms with van der Waals surface area (Å²) in [6, 6.07) is 2.15. The van der Waals surface area contributed by atoms with Crippen LogP contribution in [-0.2, 0) is 9.59 Å². The molecule has 2 fully saturated rings. The first-order valence-corrected chi connectivity index (χ1v) is 9.67. The molecule has 2 rings (SSSR count). The van der Waals surface area contributed by atoms with Gasteiger partial charge >= 0.3 is 11.9 Å². The fourth-order valence-corrected chi connectivity index (χ4v) is 5.91. The van der Waals surface area contributed by atoms with Crippen molar-refractivity contribution in [1.82, 2.24) is 0 Å². The molecule has 5 nitrogen and oxygen atoms in total. The molecule has 0 aliphatic heterocycles. The molecule has 6 heteroatoms. The topological polar surface area (TPSA) is 98.4 Å². The number of unbranched alkanes of at least 4 members (excludes halogenated alkanes) is 1. The standard InChI is InChI=1S/C19H27NO4S/c1-6-7-8-25-12(10-20)9-13-17(4,5)19(13,15(23)24)18(14(21)22)11-16(18,2)3/h9,13H,6-8,11H2,1-5H3,(H,21,22)(H,23,24)/b12-9+/t13?,18?,19-/m0/s1. The van der Waals surface area contributed by atoms with Gasteiger partial charge in [-0.3, -0.25) is 9.59 Å². The second-order valence-electron chi connectivity index (χ2n) is 8.43. The van der Waals surface area contributed by atoms with E-state index in [1.54, 1.807) is 6.08 Å². The molecule has 3 atom stereocenters. The number of allylic oxidation sites excluding steroid dienone is 2. The van der Waals surface area contributed by atoms with Crippen LogP contribution < -0.4 is 0 Å². The fraction of sp³-hybridized carbons (Fsp3) is 0.737. The molecule has 0 heterocycles. The second kappa shape index (κ2) is 6.05. The number of carboxylic acids is 2. The van der Waals surface area contributed by atoms with Crippen molar-refractivity contribution >= 4 is 23.7 Å². The van der Waals surface area contributed by atoms with Gasteiger partial charge in [-0.25, -0.2) is 0 Å². The average Bonchev–Trinajstić information content (AvgIpc) is 3.25. The number of carboxylic acid groups (broad SMARTS) is 2. The van der Waals surface area contributed by atoms with Gasteiger partial charge in [0, 0.05) is 5.92 Å². The van der Waals surface area contributed by atoms with E-state index in [-0.39, 0.29) is 0 Å². The Bertz CT molecular complexity index is 675. The highest BCUT2D eigenvalue weighted by atomic mass is 32.2. The normalized spacial score (nSPS) is 34.9. The molecule has 0 amide bonds. The first-order chi connectivity index (χ1) is 11.5. The van der Waals surface area contributed by atoms with Crippen LogP contribution in [0.25, 0.3) is 0 Å². The third kappa shape index (κ3) is 2.43. The van der Waals surface area contributed by atoms with Gasteiger partial charge in [-0.2, -0.15) is 5.26 Å². The Hall–Kier alpha value is -1.48. The van der Waals surface area contributed by atoms with Crippen LogP contribution in [0.3, 0.4) is 0 Å². The number of rotatable bonds is 8. The van der Waals surface area contributed by atoms with Crippen LogP contribution in [0.15, 0.2) is 11.0 Å². The molecular weight excluding hydrogens is 338 g/mol. The molecule has 2 aliphatic carbocycles. The highest BCUT2D eigenvalue weighted by Crippen LogP contribution is 2.88. The maximum absolute atomic E-state index is 12.3. The maximum Gasteiger partial charge on any atom is 0.312 e. The molecule has 2 aliphatic rings. The van der Waals surface area contributed by atoms with Crippen molar-refractivity contribution in [1.29, 1.82) is 5.26 Å². The zero-order valence-electron chi connectivity index (χ0n) is 15.5. The number of nitriles is 1. The lowest BCUT2D eigenvalue weighted by atomic mass is 9.74. The van der Waals surface area contributed by atoms with E-state index >= 15 is 0 Å². The Labute approximate surface area is 153 Å². The minimum absolute atomic E-state index is 0.347.